The molecule has 138 valence electrons. The van der Waals surface area contributed by atoms with E-state index in [-0.39, 0.29) is 11.0 Å². The van der Waals surface area contributed by atoms with E-state index >= 15 is 0 Å². The minimum Gasteiger partial charge on any atom is -0.493 e. The SMILES string of the molecule is CCCCc1ccc(NC(=S)NC(=O)c2ccc(OCC)c(Br)c2)cc1. The Morgan fingerprint density at radius 3 is 2.50 bits per heavy atom. The van der Waals surface area contributed by atoms with Gasteiger partial charge in [-0.1, -0.05) is 25.5 Å². The molecular formula is C20H23BrN2O2S. The Labute approximate surface area is 168 Å². The number of aryl methyl sites for hydroxylation is 1. The topological polar surface area (TPSA) is 50.4 Å². The highest BCUT2D eigenvalue weighted by Gasteiger charge is 2.11. The van der Waals surface area contributed by atoms with E-state index in [4.69, 9.17) is 17.0 Å². The van der Waals surface area contributed by atoms with Crippen molar-refractivity contribution < 1.29 is 9.53 Å². The first kappa shape index (κ1) is 20.4. The predicted octanol–water partition coefficient (Wildman–Crippen LogP) is 5.32. The van der Waals surface area contributed by atoms with Gasteiger partial charge < -0.3 is 10.1 Å². The van der Waals surface area contributed by atoms with E-state index in [1.807, 2.05) is 19.1 Å². The van der Waals surface area contributed by atoms with Crippen LogP contribution in [0.2, 0.25) is 0 Å². The number of hydrogen-bond donors (Lipinski definition) is 2. The van der Waals surface area contributed by atoms with Gasteiger partial charge in [0.25, 0.3) is 5.91 Å². The summed E-state index contributed by atoms with van der Waals surface area (Å²) in [4.78, 5) is 12.3. The lowest BCUT2D eigenvalue weighted by Gasteiger charge is -2.11. The van der Waals surface area contributed by atoms with Gasteiger partial charge in [0.2, 0.25) is 0 Å². The Morgan fingerprint density at radius 2 is 1.88 bits per heavy atom. The molecule has 6 heteroatoms. The van der Waals surface area contributed by atoms with Crippen LogP contribution in [-0.4, -0.2) is 17.6 Å². The number of carbonyl (C=O) groups excluding carboxylic acids is 1. The van der Waals surface area contributed by atoms with Crippen molar-refractivity contribution in [3.63, 3.8) is 0 Å². The zero-order chi connectivity index (χ0) is 18.9. The van der Waals surface area contributed by atoms with Gasteiger partial charge in [-0.15, -0.1) is 0 Å². The van der Waals surface area contributed by atoms with E-state index < -0.39 is 0 Å². The molecule has 0 atom stereocenters. The zero-order valence-corrected chi connectivity index (χ0v) is 17.4. The van der Waals surface area contributed by atoms with E-state index in [1.165, 1.54) is 18.4 Å². The molecule has 0 fully saturated rings. The zero-order valence-electron chi connectivity index (χ0n) is 15.0. The molecule has 0 aliphatic heterocycles. The number of ether oxygens (including phenoxy) is 1. The van der Waals surface area contributed by atoms with E-state index in [0.29, 0.717) is 17.9 Å². The van der Waals surface area contributed by atoms with Crippen molar-refractivity contribution in [3.8, 4) is 5.75 Å². The summed E-state index contributed by atoms with van der Waals surface area (Å²) in [6.45, 7) is 4.66. The Hall–Kier alpha value is -1.92. The summed E-state index contributed by atoms with van der Waals surface area (Å²) in [5.74, 6) is 0.429. The van der Waals surface area contributed by atoms with Gasteiger partial charge in [0.05, 0.1) is 11.1 Å². The molecule has 0 aliphatic carbocycles. The Kier molecular flexibility index (Phi) is 8.06. The number of rotatable bonds is 7. The second-order valence-electron chi connectivity index (χ2n) is 5.79. The molecule has 0 heterocycles. The molecule has 0 spiro atoms. The third-order valence-electron chi connectivity index (χ3n) is 3.75. The lowest BCUT2D eigenvalue weighted by Crippen LogP contribution is -2.34. The standard InChI is InChI=1S/C20H23BrN2O2S/c1-3-5-6-14-7-10-16(11-8-14)22-20(26)23-19(24)15-9-12-18(25-4-2)17(21)13-15/h7-13H,3-6H2,1-2H3,(H2,22,23,24,26). The molecule has 26 heavy (non-hydrogen) atoms. The monoisotopic (exact) mass is 434 g/mol. The van der Waals surface area contributed by atoms with Crippen LogP contribution < -0.4 is 15.4 Å². The van der Waals surface area contributed by atoms with Gasteiger partial charge in [0, 0.05) is 11.3 Å². The van der Waals surface area contributed by atoms with Crippen molar-refractivity contribution in [1.29, 1.82) is 0 Å². The van der Waals surface area contributed by atoms with Crippen molar-refractivity contribution >= 4 is 44.9 Å². The molecule has 0 saturated carbocycles. The van der Waals surface area contributed by atoms with Crippen LogP contribution in [0.15, 0.2) is 46.9 Å². The van der Waals surface area contributed by atoms with Crippen LogP contribution in [0, 0.1) is 0 Å². The maximum atomic E-state index is 12.3. The molecule has 2 N–H and O–H groups in total. The highest BCUT2D eigenvalue weighted by Crippen LogP contribution is 2.26. The smallest absolute Gasteiger partial charge is 0.257 e. The summed E-state index contributed by atoms with van der Waals surface area (Å²) in [6.07, 6.45) is 3.43. The quantitative estimate of drug-likeness (QED) is 0.579. The molecule has 0 radical (unpaired) electrons. The first-order chi connectivity index (χ1) is 12.5. The number of unbranched alkanes of at least 4 members (excludes halogenated alkanes) is 1. The molecule has 1 amide bonds. The minimum atomic E-state index is -0.272. The van der Waals surface area contributed by atoms with Crippen molar-refractivity contribution in [2.24, 2.45) is 0 Å². The molecular weight excluding hydrogens is 412 g/mol. The Balaban J connectivity index is 1.92. The molecule has 0 bridgehead atoms. The van der Waals surface area contributed by atoms with Gasteiger partial charge in [0.1, 0.15) is 5.75 Å². The highest BCUT2D eigenvalue weighted by molar-refractivity contribution is 9.10. The fourth-order valence-electron chi connectivity index (χ4n) is 2.39. The maximum Gasteiger partial charge on any atom is 0.257 e. The molecule has 0 aromatic heterocycles. The molecule has 0 saturated heterocycles. The lowest BCUT2D eigenvalue weighted by molar-refractivity contribution is 0.0977. The van der Waals surface area contributed by atoms with E-state index in [1.54, 1.807) is 18.2 Å². The van der Waals surface area contributed by atoms with Crippen LogP contribution in [0.1, 0.15) is 42.6 Å². The van der Waals surface area contributed by atoms with Crippen molar-refractivity contribution in [2.75, 3.05) is 11.9 Å². The predicted molar refractivity (Wildman–Crippen MR) is 114 cm³/mol. The maximum absolute atomic E-state index is 12.3. The van der Waals surface area contributed by atoms with Gasteiger partial charge in [-0.25, -0.2) is 0 Å². The number of thiocarbonyl (C=S) groups is 1. The van der Waals surface area contributed by atoms with Gasteiger partial charge in [0.15, 0.2) is 5.11 Å². The lowest BCUT2D eigenvalue weighted by atomic mass is 10.1. The average Bonchev–Trinajstić information content (AvgIpc) is 2.63. The minimum absolute atomic E-state index is 0.265. The van der Waals surface area contributed by atoms with Crippen molar-refractivity contribution in [3.05, 3.63) is 58.1 Å². The van der Waals surface area contributed by atoms with Crippen LogP contribution >= 0.6 is 28.1 Å². The summed E-state index contributed by atoms with van der Waals surface area (Å²) in [7, 11) is 0. The highest BCUT2D eigenvalue weighted by atomic mass is 79.9. The summed E-state index contributed by atoms with van der Waals surface area (Å²) in [5.41, 5.74) is 2.65. The van der Waals surface area contributed by atoms with E-state index in [0.717, 1.165) is 16.6 Å². The second-order valence-corrected chi connectivity index (χ2v) is 7.05. The number of hydrogen-bond acceptors (Lipinski definition) is 3. The van der Waals surface area contributed by atoms with Gasteiger partial charge in [-0.2, -0.15) is 0 Å². The van der Waals surface area contributed by atoms with Crippen molar-refractivity contribution in [2.45, 2.75) is 33.1 Å². The normalized spacial score (nSPS) is 10.3. The molecule has 2 aromatic rings. The Bertz CT molecular complexity index is 763. The summed E-state index contributed by atoms with van der Waals surface area (Å²) < 4.78 is 6.18. The molecule has 2 rings (SSSR count). The number of anilines is 1. The number of halogens is 1. The average molecular weight is 435 g/mol. The summed E-state index contributed by atoms with van der Waals surface area (Å²) >= 11 is 8.64. The Morgan fingerprint density at radius 1 is 1.15 bits per heavy atom. The summed E-state index contributed by atoms with van der Waals surface area (Å²) in [6, 6.07) is 13.3. The molecule has 0 aliphatic rings. The van der Waals surface area contributed by atoms with Crippen LogP contribution in [0.5, 0.6) is 5.75 Å². The number of amides is 1. The molecule has 2 aromatic carbocycles. The first-order valence-electron chi connectivity index (χ1n) is 8.67. The number of benzene rings is 2. The summed E-state index contributed by atoms with van der Waals surface area (Å²) in [5, 5.41) is 5.99. The van der Waals surface area contributed by atoms with Gasteiger partial charge in [-0.05, 0) is 83.8 Å². The van der Waals surface area contributed by atoms with Gasteiger partial charge in [-0.3, -0.25) is 10.1 Å². The first-order valence-corrected chi connectivity index (χ1v) is 9.87. The number of carbonyl (C=O) groups is 1. The van der Waals surface area contributed by atoms with E-state index in [2.05, 4.69) is 45.6 Å². The second kappa shape index (κ2) is 10.3. The third kappa shape index (κ3) is 6.11. The van der Waals surface area contributed by atoms with Crippen LogP contribution in [0.25, 0.3) is 0 Å². The third-order valence-corrected chi connectivity index (χ3v) is 4.58. The fraction of sp³-hybridized carbons (Fsp3) is 0.300. The molecule has 0 unspecified atom stereocenters. The van der Waals surface area contributed by atoms with Crippen LogP contribution in [0.4, 0.5) is 5.69 Å². The molecule has 4 nitrogen and oxygen atoms in total. The van der Waals surface area contributed by atoms with E-state index in [9.17, 15) is 4.79 Å². The fourth-order valence-corrected chi connectivity index (χ4v) is 3.09. The van der Waals surface area contributed by atoms with Crippen LogP contribution in [-0.2, 0) is 6.42 Å². The van der Waals surface area contributed by atoms with Gasteiger partial charge >= 0.3 is 0 Å². The van der Waals surface area contributed by atoms with Crippen LogP contribution in [0.3, 0.4) is 0 Å². The largest absolute Gasteiger partial charge is 0.493 e. The number of nitrogens with one attached hydrogen (secondary N) is 2. The van der Waals surface area contributed by atoms with Crippen molar-refractivity contribution in [1.82, 2.24) is 5.32 Å².